The van der Waals surface area contributed by atoms with Gasteiger partial charge >= 0.3 is 23.9 Å². The Morgan fingerprint density at radius 1 is 0.405 bits per heavy atom. The lowest BCUT2D eigenvalue weighted by molar-refractivity contribution is -0.687. The minimum atomic E-state index is -3.91. The molecular formula is C79H87Cl6F2IN8O16S4. The Bertz CT molecular complexity index is 5030. The van der Waals surface area contributed by atoms with Crippen LogP contribution in [0.3, 0.4) is 0 Å². The number of rotatable bonds is 24. The van der Waals surface area contributed by atoms with Crippen LogP contribution < -0.4 is 50.9 Å². The maximum Gasteiger partial charge on any atom is 0.305 e. The fourth-order valence-corrected chi connectivity index (χ4v) is 21.3. The van der Waals surface area contributed by atoms with E-state index >= 15 is 0 Å². The molecule has 4 atom stereocenters. The zero-order valence-corrected chi connectivity index (χ0v) is 73.9. The number of methoxy groups -OCH3 is 3. The van der Waals surface area contributed by atoms with Crippen LogP contribution in [0.1, 0.15) is 146 Å². The molecule has 4 heterocycles. The summed E-state index contributed by atoms with van der Waals surface area (Å²) in [6, 6.07) is 38.3. The number of hydrogen-bond acceptors (Lipinski definition) is 18. The molecular weight excluding hydrogens is 1820 g/mol. The van der Waals surface area contributed by atoms with E-state index in [-0.39, 0.29) is 81.0 Å². The standard InChI is InChI=1S/C20H22Cl2N2O4S.C20H22ClFN2O4S.C20H22FIN2O4S.C19H20Cl2N2O4S.ClH/c1-24-17-8-4-3-7-13(17)20(23-10-6-5-9-19(25)28-2)14-11-15(21)16(22)12-18(14)29(24,26)27;1-24-17-8-4-3-7-13(17)20(23-10-6-5-9-19(25)28-2)14-11-16(22)15(21)12-18(14)29(24,26)27;1-24-17-8-4-3-7-13(17)20(23-10-6-5-9-19(25)28-2)14-11-15(21)16(22)12-18(14)29(24,26)27;1-23-16-7-3-2-6-12(16)19(22-9-5-4-8-18(24)25)13-10-14(20)15(21)11-17(13)28(23,26)27;/h3*3-4,7-8,11-12,20,23H,5-6,9-10H2,1-2H3;2-3,6-7,10-11,19,22H,4-5,8-9H2,1H3,(H,24,25);1H. The molecule has 0 aliphatic carbocycles. The van der Waals surface area contributed by atoms with E-state index < -0.39 is 75.8 Å². The van der Waals surface area contributed by atoms with Crippen LogP contribution in [0, 0.1) is 15.2 Å². The largest absolute Gasteiger partial charge is 1.00 e. The number of halogens is 9. The molecule has 8 aromatic carbocycles. The van der Waals surface area contributed by atoms with Gasteiger partial charge in [-0.25, -0.2) is 42.5 Å². The summed E-state index contributed by atoms with van der Waals surface area (Å²) in [7, 11) is -5.26. The molecule has 12 rings (SSSR count). The summed E-state index contributed by atoms with van der Waals surface area (Å²) in [6.07, 6.45) is 6.36. The normalized spacial score (nSPS) is 17.2. The van der Waals surface area contributed by atoms with Crippen molar-refractivity contribution in [3.05, 3.63) is 230 Å². The van der Waals surface area contributed by atoms with E-state index in [9.17, 15) is 61.6 Å². The first kappa shape index (κ1) is 94.3. The number of carboxylic acid groups (broad SMARTS) is 1. The number of fused-ring (bicyclic) bond motifs is 8. The molecule has 0 fully saturated rings. The molecule has 0 amide bonds. The van der Waals surface area contributed by atoms with Crippen LogP contribution in [0.25, 0.3) is 0 Å². The number of nitrogens with zero attached hydrogens (tertiary/aromatic N) is 4. The number of carbonyl (C=O) groups is 4. The Hall–Kier alpha value is -7.19. The molecule has 116 heavy (non-hydrogen) atoms. The number of aliphatic carboxylic acids is 1. The van der Waals surface area contributed by atoms with Crippen molar-refractivity contribution in [1.29, 1.82) is 0 Å². The summed E-state index contributed by atoms with van der Waals surface area (Å²) in [5.41, 5.74) is 7.18. The Morgan fingerprint density at radius 2 is 0.698 bits per heavy atom. The molecule has 4 unspecified atom stereocenters. The van der Waals surface area contributed by atoms with Gasteiger partial charge in [0.1, 0.15) is 17.7 Å². The van der Waals surface area contributed by atoms with E-state index in [1.165, 1.54) is 97.1 Å². The summed E-state index contributed by atoms with van der Waals surface area (Å²) < 4.78 is 153. The first-order valence-corrected chi connectivity index (χ1v) is 45.0. The van der Waals surface area contributed by atoms with Crippen LogP contribution in [0.5, 0.6) is 0 Å². The van der Waals surface area contributed by atoms with Crippen LogP contribution in [0.15, 0.2) is 165 Å². The third kappa shape index (κ3) is 21.7. The zero-order valence-electron chi connectivity index (χ0n) is 64.0. The van der Waals surface area contributed by atoms with Crippen LogP contribution in [-0.2, 0) is 73.5 Å². The average Bonchev–Trinajstić information content (AvgIpc) is 1.62. The number of hydrogen-bond donors (Lipinski definition) is 5. The van der Waals surface area contributed by atoms with E-state index in [2.05, 4.69) is 30.2 Å². The number of para-hydroxylation sites is 4. The van der Waals surface area contributed by atoms with E-state index in [4.69, 9.17) is 63.1 Å². The molecule has 0 spiro atoms. The van der Waals surface area contributed by atoms with Crippen molar-refractivity contribution in [2.75, 3.05) is 92.9 Å². The molecule has 24 nitrogen and oxygen atoms in total. The number of nitrogens with one attached hydrogen (secondary N) is 3. The van der Waals surface area contributed by atoms with E-state index in [0.29, 0.717) is 151 Å². The molecule has 0 aromatic heterocycles. The molecule has 37 heteroatoms. The summed E-state index contributed by atoms with van der Waals surface area (Å²) in [4.78, 5) is 44.8. The summed E-state index contributed by atoms with van der Waals surface area (Å²) in [5.74, 6) is -2.75. The Kier molecular flexibility index (Phi) is 33.9. The number of esters is 3. The van der Waals surface area contributed by atoms with Crippen LogP contribution >= 0.6 is 80.6 Å². The van der Waals surface area contributed by atoms with Crippen molar-refractivity contribution in [2.45, 2.75) is 121 Å². The van der Waals surface area contributed by atoms with Gasteiger partial charge in [0.05, 0.1) is 117 Å². The third-order valence-corrected chi connectivity index (χ3v) is 29.7. The maximum atomic E-state index is 14.4. The fraction of sp³-hybridized carbons (Fsp3) is 0.342. The van der Waals surface area contributed by atoms with Gasteiger partial charge in [-0.3, -0.25) is 36.4 Å². The topological polar surface area (TPSA) is 318 Å². The van der Waals surface area contributed by atoms with Gasteiger partial charge < -0.3 is 53.0 Å². The van der Waals surface area contributed by atoms with E-state index in [1.807, 2.05) is 53.8 Å². The highest BCUT2D eigenvalue weighted by Gasteiger charge is 2.41. The van der Waals surface area contributed by atoms with E-state index in [1.54, 1.807) is 83.3 Å². The molecule has 0 saturated heterocycles. The molecule has 0 radical (unpaired) electrons. The van der Waals surface area contributed by atoms with Gasteiger partial charge in [0.15, 0.2) is 0 Å². The first-order valence-electron chi connectivity index (χ1n) is 36.3. The number of carbonyl (C=O) groups excluding carboxylic acids is 3. The molecule has 6 N–H and O–H groups in total. The second-order valence-electron chi connectivity index (χ2n) is 27.0. The Morgan fingerprint density at radius 3 is 1.07 bits per heavy atom. The maximum absolute atomic E-state index is 14.4. The number of sulfonamides is 4. The second kappa shape index (κ2) is 41.7. The predicted molar refractivity (Wildman–Crippen MR) is 449 cm³/mol. The highest BCUT2D eigenvalue weighted by atomic mass is 127. The van der Waals surface area contributed by atoms with Gasteiger partial charge in [0.2, 0.25) is 0 Å². The molecule has 0 bridgehead atoms. The molecule has 626 valence electrons. The first-order chi connectivity index (χ1) is 54.5. The van der Waals surface area contributed by atoms with Gasteiger partial charge in [0.25, 0.3) is 40.1 Å². The number of nitrogens with two attached hydrogens (primary N) is 1. The highest BCUT2D eigenvalue weighted by Crippen LogP contribution is 2.47. The zero-order chi connectivity index (χ0) is 84.0. The van der Waals surface area contributed by atoms with Gasteiger partial charge in [-0.05, 0) is 200 Å². The van der Waals surface area contributed by atoms with Crippen molar-refractivity contribution in [1.82, 2.24) is 16.0 Å². The quantitative estimate of drug-likeness (QED) is 0.0162. The minimum absolute atomic E-state index is 0. The number of quaternary nitrogens is 1. The number of benzene rings is 8. The highest BCUT2D eigenvalue weighted by molar-refractivity contribution is 14.1. The SMILES string of the molecule is CN1c2ccccc2C([NH2+]CCCCC(=O)O)c2cc(Cl)c(Cl)cc2S1(=O)=O.COC(=O)CCCCNC1c2ccccc2N(C)S(=O)(=O)c2cc(Cl)c(Cl)cc21.COC(=O)CCCCNC1c2ccccc2N(C)S(=O)(=O)c2cc(Cl)c(F)cc21.COC(=O)CCCCNC1c2ccccc2N(C)S(=O)(=O)c2cc(I)c(F)cc21.[Cl-]. The number of ether oxygens (including phenoxy) is 3. The Labute approximate surface area is 719 Å². The van der Waals surface area contributed by atoms with Crippen molar-refractivity contribution in [3.8, 4) is 0 Å². The van der Waals surface area contributed by atoms with Gasteiger partial charge in [-0.15, -0.1) is 0 Å². The summed E-state index contributed by atoms with van der Waals surface area (Å²) in [5, 5.41) is 21.6. The molecule has 8 aromatic rings. The fourth-order valence-electron chi connectivity index (χ4n) is 13.7. The predicted octanol–water partition coefficient (Wildman–Crippen LogP) is 11.4. The molecule has 0 saturated carbocycles. The van der Waals surface area contributed by atoms with Gasteiger partial charge in [0, 0.05) is 65.0 Å². The molecule has 4 aliphatic rings. The number of carboxylic acids is 1. The lowest BCUT2D eigenvalue weighted by Crippen LogP contribution is -3.00. The number of anilines is 4. The smallest absolute Gasteiger partial charge is 0.305 e. The second-order valence-corrected chi connectivity index (χ2v) is 37.9. The van der Waals surface area contributed by atoms with Gasteiger partial charge in [-0.1, -0.05) is 131 Å². The monoisotopic (exact) mass is 1910 g/mol. The van der Waals surface area contributed by atoms with E-state index in [0.717, 1.165) is 29.2 Å². The molecule has 4 aliphatic heterocycles. The van der Waals surface area contributed by atoms with Crippen molar-refractivity contribution in [3.63, 3.8) is 0 Å². The van der Waals surface area contributed by atoms with Crippen LogP contribution in [-0.4, -0.2) is 138 Å². The van der Waals surface area contributed by atoms with Crippen molar-refractivity contribution in [2.24, 2.45) is 0 Å². The lowest BCUT2D eigenvalue weighted by Gasteiger charge is -2.22. The number of unbranched alkanes of at least 4 members (excludes halogenated alkanes) is 4. The Balaban J connectivity index is 0.000000193. The van der Waals surface area contributed by atoms with Crippen LogP contribution in [0.2, 0.25) is 25.1 Å². The van der Waals surface area contributed by atoms with Gasteiger partial charge in [-0.2, -0.15) is 0 Å². The van der Waals surface area contributed by atoms with Crippen LogP contribution in [0.4, 0.5) is 31.5 Å². The average molecular weight is 1910 g/mol. The summed E-state index contributed by atoms with van der Waals surface area (Å²) in [6.45, 7) is 2.27. The summed E-state index contributed by atoms with van der Waals surface area (Å²) >= 11 is 32.4. The van der Waals surface area contributed by atoms with Crippen molar-refractivity contribution < 1.29 is 98.7 Å². The minimum Gasteiger partial charge on any atom is -1.00 e. The third-order valence-electron chi connectivity index (χ3n) is 19.8. The lowest BCUT2D eigenvalue weighted by atomic mass is 9.96. The van der Waals surface area contributed by atoms with Crippen molar-refractivity contribution >= 4 is 167 Å².